The van der Waals surface area contributed by atoms with Crippen molar-refractivity contribution in [3.63, 3.8) is 0 Å². The van der Waals surface area contributed by atoms with E-state index in [4.69, 9.17) is 12.2 Å². The number of nitrogens with zero attached hydrogens (tertiary/aromatic N) is 1. The third-order valence-corrected chi connectivity index (χ3v) is 2.67. The molecule has 1 saturated heterocycles. The van der Waals surface area contributed by atoms with Crippen LogP contribution in [0.2, 0.25) is 0 Å². The predicted octanol–water partition coefficient (Wildman–Crippen LogP) is 2.30. The van der Waals surface area contributed by atoms with Gasteiger partial charge in [-0.25, -0.2) is 0 Å². The fraction of sp³-hybridized carbons (Fsp3) is 0.500. The number of rotatable bonds is 1. The van der Waals surface area contributed by atoms with Crippen LogP contribution in [0.4, 0.5) is 0 Å². The lowest BCUT2D eigenvalue weighted by Gasteiger charge is -2.20. The molecule has 2 rings (SSSR count). The zero-order chi connectivity index (χ0) is 8.39. The van der Waals surface area contributed by atoms with E-state index in [-0.39, 0.29) is 0 Å². The van der Waals surface area contributed by atoms with Gasteiger partial charge in [-0.1, -0.05) is 18.3 Å². The van der Waals surface area contributed by atoms with Crippen molar-refractivity contribution in [1.29, 1.82) is 0 Å². The molecule has 0 aromatic heterocycles. The smallest absolute Gasteiger partial charge is 0.0374 e. The normalized spacial score (nSPS) is 23.2. The maximum atomic E-state index is 5.16. The average molecular weight is 179 g/mol. The lowest BCUT2D eigenvalue weighted by atomic mass is 10.1. The van der Waals surface area contributed by atoms with E-state index in [0.717, 1.165) is 11.3 Å². The fourth-order valence-electron chi connectivity index (χ4n) is 1.74. The Morgan fingerprint density at radius 3 is 2.67 bits per heavy atom. The number of hydrogen-bond donors (Lipinski definition) is 0. The van der Waals surface area contributed by atoms with Crippen LogP contribution in [0, 0.1) is 0 Å². The van der Waals surface area contributed by atoms with E-state index in [9.17, 15) is 0 Å². The molecule has 2 aliphatic rings. The quantitative estimate of drug-likeness (QED) is 0.568. The highest BCUT2D eigenvalue weighted by Gasteiger charge is 2.14. The summed E-state index contributed by atoms with van der Waals surface area (Å²) in [6.07, 6.45) is 10.1. The van der Waals surface area contributed by atoms with E-state index in [0.29, 0.717) is 0 Å². The minimum atomic E-state index is 0.951. The van der Waals surface area contributed by atoms with Gasteiger partial charge in [0.1, 0.15) is 0 Å². The molecular formula is C10H13NS. The van der Waals surface area contributed by atoms with Crippen LogP contribution in [0.1, 0.15) is 19.3 Å². The van der Waals surface area contributed by atoms with Gasteiger partial charge in [0.2, 0.25) is 0 Å². The van der Waals surface area contributed by atoms with Gasteiger partial charge in [0.05, 0.1) is 0 Å². The molecule has 2 heteroatoms. The average Bonchev–Trinajstić information content (AvgIpc) is 2.56. The molecule has 1 fully saturated rings. The Kier molecular flexibility index (Phi) is 2.26. The summed E-state index contributed by atoms with van der Waals surface area (Å²) >= 11 is 5.16. The minimum Gasteiger partial charge on any atom is -0.372 e. The maximum absolute atomic E-state index is 5.16. The Balaban J connectivity index is 2.11. The van der Waals surface area contributed by atoms with Crippen molar-refractivity contribution in [2.75, 3.05) is 13.1 Å². The van der Waals surface area contributed by atoms with E-state index in [1.807, 2.05) is 0 Å². The first kappa shape index (κ1) is 7.99. The molecule has 0 spiro atoms. The standard InChI is InChI=1S/C10H13NS/c12-10-5-3-4-9(8-10)11-6-1-2-7-11/h3-4,8H,1-2,5-7H2. The highest BCUT2D eigenvalue weighted by molar-refractivity contribution is 7.80. The molecule has 0 radical (unpaired) electrons. The summed E-state index contributed by atoms with van der Waals surface area (Å²) in [5.41, 5.74) is 1.32. The number of thiocarbonyl (C=S) groups is 1. The molecule has 0 saturated carbocycles. The molecule has 0 aromatic rings. The molecule has 0 atom stereocenters. The van der Waals surface area contributed by atoms with Crippen LogP contribution < -0.4 is 0 Å². The maximum Gasteiger partial charge on any atom is 0.0374 e. The molecular weight excluding hydrogens is 166 g/mol. The third-order valence-electron chi connectivity index (χ3n) is 2.39. The van der Waals surface area contributed by atoms with Gasteiger partial charge in [-0.3, -0.25) is 0 Å². The summed E-state index contributed by atoms with van der Waals surface area (Å²) in [5, 5.41) is 0. The number of likely N-dealkylation sites (tertiary alicyclic amines) is 1. The van der Waals surface area contributed by atoms with Gasteiger partial charge in [0.15, 0.2) is 0 Å². The van der Waals surface area contributed by atoms with Crippen molar-refractivity contribution in [3.05, 3.63) is 23.9 Å². The van der Waals surface area contributed by atoms with Crippen LogP contribution in [0.25, 0.3) is 0 Å². The van der Waals surface area contributed by atoms with Gasteiger partial charge in [0, 0.05) is 30.1 Å². The highest BCUT2D eigenvalue weighted by atomic mass is 32.1. The van der Waals surface area contributed by atoms with E-state index in [2.05, 4.69) is 23.1 Å². The Morgan fingerprint density at radius 1 is 1.25 bits per heavy atom. The first-order valence-corrected chi connectivity index (χ1v) is 4.93. The van der Waals surface area contributed by atoms with E-state index in [1.54, 1.807) is 0 Å². The monoisotopic (exact) mass is 179 g/mol. The van der Waals surface area contributed by atoms with Gasteiger partial charge in [-0.15, -0.1) is 0 Å². The molecule has 1 aliphatic carbocycles. The van der Waals surface area contributed by atoms with E-state index < -0.39 is 0 Å². The second-order valence-electron chi connectivity index (χ2n) is 3.34. The van der Waals surface area contributed by atoms with Crippen LogP contribution in [0.15, 0.2) is 23.9 Å². The Labute approximate surface area is 78.8 Å². The summed E-state index contributed by atoms with van der Waals surface area (Å²) in [6, 6.07) is 0. The first-order chi connectivity index (χ1) is 5.86. The Bertz CT molecular complexity index is 247. The molecule has 0 amide bonds. The third kappa shape index (κ3) is 1.58. The van der Waals surface area contributed by atoms with Crippen LogP contribution >= 0.6 is 12.2 Å². The van der Waals surface area contributed by atoms with Crippen LogP contribution in [0.5, 0.6) is 0 Å². The molecule has 1 heterocycles. The molecule has 0 aromatic carbocycles. The predicted molar refractivity (Wildman–Crippen MR) is 55.2 cm³/mol. The summed E-state index contributed by atoms with van der Waals surface area (Å²) in [4.78, 5) is 3.49. The van der Waals surface area contributed by atoms with E-state index >= 15 is 0 Å². The SMILES string of the molecule is S=C1C=C(N2CCCC2)C=CC1. The van der Waals surface area contributed by atoms with Gasteiger partial charge >= 0.3 is 0 Å². The summed E-state index contributed by atoms with van der Waals surface area (Å²) in [7, 11) is 0. The fourth-order valence-corrected chi connectivity index (χ4v) is 1.96. The molecule has 12 heavy (non-hydrogen) atoms. The summed E-state index contributed by atoms with van der Waals surface area (Å²) in [6.45, 7) is 2.41. The van der Waals surface area contributed by atoms with Crippen LogP contribution in [-0.2, 0) is 0 Å². The zero-order valence-electron chi connectivity index (χ0n) is 7.12. The largest absolute Gasteiger partial charge is 0.372 e. The summed E-state index contributed by atoms with van der Waals surface area (Å²) < 4.78 is 0. The van der Waals surface area contributed by atoms with Gasteiger partial charge < -0.3 is 4.90 Å². The number of allylic oxidation sites excluding steroid dienone is 3. The Hall–Kier alpha value is -0.630. The topological polar surface area (TPSA) is 3.24 Å². The molecule has 0 bridgehead atoms. The minimum absolute atomic E-state index is 0.951. The van der Waals surface area contributed by atoms with Crippen molar-refractivity contribution in [1.82, 2.24) is 4.90 Å². The zero-order valence-corrected chi connectivity index (χ0v) is 7.94. The van der Waals surface area contributed by atoms with Crippen molar-refractivity contribution in [2.24, 2.45) is 0 Å². The Morgan fingerprint density at radius 2 is 2.00 bits per heavy atom. The lowest BCUT2D eigenvalue weighted by molar-refractivity contribution is 0.440. The number of hydrogen-bond acceptors (Lipinski definition) is 2. The molecule has 0 unspecified atom stereocenters. The van der Waals surface area contributed by atoms with Gasteiger partial charge in [-0.2, -0.15) is 0 Å². The van der Waals surface area contributed by atoms with Crippen molar-refractivity contribution in [3.8, 4) is 0 Å². The lowest BCUT2D eigenvalue weighted by Crippen LogP contribution is -2.19. The first-order valence-electron chi connectivity index (χ1n) is 4.52. The van der Waals surface area contributed by atoms with Crippen molar-refractivity contribution < 1.29 is 0 Å². The molecule has 0 N–H and O–H groups in total. The second-order valence-corrected chi connectivity index (χ2v) is 3.86. The highest BCUT2D eigenvalue weighted by Crippen LogP contribution is 2.18. The molecule has 64 valence electrons. The van der Waals surface area contributed by atoms with Gasteiger partial charge in [-0.05, 0) is 25.0 Å². The van der Waals surface area contributed by atoms with Crippen molar-refractivity contribution >= 4 is 17.1 Å². The molecule has 1 aliphatic heterocycles. The van der Waals surface area contributed by atoms with E-state index in [1.165, 1.54) is 31.6 Å². The molecule has 1 nitrogen and oxygen atoms in total. The summed E-state index contributed by atoms with van der Waals surface area (Å²) in [5.74, 6) is 0. The second kappa shape index (κ2) is 3.40. The van der Waals surface area contributed by atoms with Gasteiger partial charge in [0.25, 0.3) is 0 Å². The van der Waals surface area contributed by atoms with Crippen LogP contribution in [-0.4, -0.2) is 22.9 Å². The van der Waals surface area contributed by atoms with Crippen molar-refractivity contribution in [2.45, 2.75) is 19.3 Å². The van der Waals surface area contributed by atoms with Crippen LogP contribution in [0.3, 0.4) is 0 Å².